The van der Waals surface area contributed by atoms with Crippen LogP contribution in [0.2, 0.25) is 0 Å². The van der Waals surface area contributed by atoms with Crippen LogP contribution in [0.1, 0.15) is 22.4 Å². The third-order valence-electron chi connectivity index (χ3n) is 4.88. The van der Waals surface area contributed by atoms with Crippen LogP contribution in [0.5, 0.6) is 0 Å². The van der Waals surface area contributed by atoms with Crippen LogP contribution in [-0.4, -0.2) is 25.7 Å². The van der Waals surface area contributed by atoms with Crippen LogP contribution in [-0.2, 0) is 20.0 Å². The fourth-order valence-electron chi connectivity index (χ4n) is 3.57. The highest BCUT2D eigenvalue weighted by molar-refractivity contribution is 5.87. The molecule has 4 rings (SSSR count). The van der Waals surface area contributed by atoms with Crippen LogP contribution in [0.3, 0.4) is 0 Å². The monoisotopic (exact) mass is 361 g/mol. The summed E-state index contributed by atoms with van der Waals surface area (Å²) in [4.78, 5) is 17.0. The first kappa shape index (κ1) is 17.4. The molecule has 6 heteroatoms. The minimum absolute atomic E-state index is 0.115. The minimum Gasteiger partial charge on any atom is -0.312 e. The highest BCUT2D eigenvalue weighted by Gasteiger charge is 2.14. The number of hydrogen-bond donors (Lipinski definition) is 1. The summed E-state index contributed by atoms with van der Waals surface area (Å²) in [6, 6.07) is 12.3. The molecule has 3 aromatic heterocycles. The van der Waals surface area contributed by atoms with Crippen molar-refractivity contribution in [1.82, 2.24) is 24.5 Å². The molecular weight excluding hydrogens is 338 g/mol. The molecular formula is C21H23N5O. The van der Waals surface area contributed by atoms with Gasteiger partial charge >= 0.3 is 5.69 Å². The van der Waals surface area contributed by atoms with Gasteiger partial charge in [-0.25, -0.2) is 13.9 Å². The molecule has 0 saturated carbocycles. The largest absolute Gasteiger partial charge is 0.350 e. The Morgan fingerprint density at radius 3 is 2.78 bits per heavy atom. The van der Waals surface area contributed by atoms with Gasteiger partial charge in [-0.2, -0.15) is 0 Å². The highest BCUT2D eigenvalue weighted by atomic mass is 16.2. The van der Waals surface area contributed by atoms with E-state index in [1.807, 2.05) is 31.3 Å². The van der Waals surface area contributed by atoms with E-state index in [2.05, 4.69) is 40.5 Å². The molecule has 27 heavy (non-hydrogen) atoms. The van der Waals surface area contributed by atoms with Crippen molar-refractivity contribution in [3.8, 4) is 0 Å². The predicted molar refractivity (Wildman–Crippen MR) is 107 cm³/mol. The van der Waals surface area contributed by atoms with Crippen molar-refractivity contribution in [3.63, 3.8) is 0 Å². The first-order chi connectivity index (χ1) is 13.0. The number of aryl methyl sites for hydroxylation is 3. The van der Waals surface area contributed by atoms with E-state index in [1.54, 1.807) is 11.4 Å². The molecule has 0 aliphatic heterocycles. The zero-order chi connectivity index (χ0) is 19.0. The van der Waals surface area contributed by atoms with E-state index in [0.29, 0.717) is 12.2 Å². The van der Waals surface area contributed by atoms with E-state index in [0.717, 1.165) is 46.3 Å². The average molecular weight is 361 g/mol. The van der Waals surface area contributed by atoms with Crippen LogP contribution in [0.25, 0.3) is 16.6 Å². The van der Waals surface area contributed by atoms with Gasteiger partial charge in [0.15, 0.2) is 5.65 Å². The van der Waals surface area contributed by atoms with E-state index in [4.69, 9.17) is 0 Å². The third-order valence-corrected chi connectivity index (χ3v) is 4.88. The van der Waals surface area contributed by atoms with E-state index < -0.39 is 0 Å². The van der Waals surface area contributed by atoms with Gasteiger partial charge in [0, 0.05) is 49.4 Å². The van der Waals surface area contributed by atoms with Crippen molar-refractivity contribution in [3.05, 3.63) is 75.5 Å². The van der Waals surface area contributed by atoms with Gasteiger partial charge < -0.3 is 5.32 Å². The summed E-state index contributed by atoms with van der Waals surface area (Å²) >= 11 is 0. The molecule has 0 atom stereocenters. The van der Waals surface area contributed by atoms with Crippen molar-refractivity contribution < 1.29 is 0 Å². The molecule has 0 unspecified atom stereocenters. The molecule has 0 fully saturated rings. The van der Waals surface area contributed by atoms with Crippen LogP contribution in [0, 0.1) is 13.8 Å². The van der Waals surface area contributed by atoms with Crippen molar-refractivity contribution in [2.24, 2.45) is 7.05 Å². The lowest BCUT2D eigenvalue weighted by molar-refractivity contribution is 0.680. The fourth-order valence-corrected chi connectivity index (χ4v) is 3.57. The molecule has 0 bridgehead atoms. The van der Waals surface area contributed by atoms with E-state index in [9.17, 15) is 4.79 Å². The lowest BCUT2D eigenvalue weighted by atomic mass is 10.0. The molecule has 3 heterocycles. The van der Waals surface area contributed by atoms with Gasteiger partial charge in [0.2, 0.25) is 0 Å². The summed E-state index contributed by atoms with van der Waals surface area (Å²) < 4.78 is 3.13. The number of benzene rings is 1. The summed E-state index contributed by atoms with van der Waals surface area (Å²) in [5.41, 5.74) is 5.90. The van der Waals surface area contributed by atoms with Gasteiger partial charge in [0.05, 0.1) is 5.52 Å². The Balaban J connectivity index is 1.69. The number of fused-ring (bicyclic) bond motifs is 3. The van der Waals surface area contributed by atoms with Crippen LogP contribution >= 0.6 is 0 Å². The summed E-state index contributed by atoms with van der Waals surface area (Å²) in [7, 11) is 1.70. The maximum atomic E-state index is 12.7. The Hall–Kier alpha value is -2.99. The van der Waals surface area contributed by atoms with Gasteiger partial charge in [-0.05, 0) is 49.2 Å². The van der Waals surface area contributed by atoms with Crippen LogP contribution < -0.4 is 11.0 Å². The number of hydrogen-bond acceptors (Lipinski definition) is 4. The minimum atomic E-state index is -0.115. The van der Waals surface area contributed by atoms with Crippen molar-refractivity contribution in [2.45, 2.75) is 26.8 Å². The highest BCUT2D eigenvalue weighted by Crippen LogP contribution is 2.23. The molecule has 1 N–H and O–H groups in total. The second-order valence-electron chi connectivity index (χ2n) is 7.00. The molecule has 0 spiro atoms. The van der Waals surface area contributed by atoms with Gasteiger partial charge in [0.1, 0.15) is 0 Å². The number of nitrogens with one attached hydrogen (secondary N) is 1. The maximum absolute atomic E-state index is 12.7. The Morgan fingerprint density at radius 1 is 1.15 bits per heavy atom. The smallest absolute Gasteiger partial charge is 0.312 e. The fraction of sp³-hybridized carbons (Fsp3) is 0.286. The second kappa shape index (κ2) is 6.96. The SMILES string of the molecule is Cc1cc(C)c2cc(CNCCc3ccccn3)c3nn(C)c(=O)n3c2c1. The zero-order valence-corrected chi connectivity index (χ0v) is 15.9. The summed E-state index contributed by atoms with van der Waals surface area (Å²) in [6.07, 6.45) is 2.67. The van der Waals surface area contributed by atoms with Crippen molar-refractivity contribution >= 4 is 16.6 Å². The van der Waals surface area contributed by atoms with E-state index in [1.165, 1.54) is 4.68 Å². The van der Waals surface area contributed by atoms with Gasteiger partial charge in [-0.3, -0.25) is 4.98 Å². The zero-order valence-electron chi connectivity index (χ0n) is 15.9. The molecule has 0 radical (unpaired) electrons. The van der Waals surface area contributed by atoms with E-state index in [-0.39, 0.29) is 5.69 Å². The second-order valence-corrected chi connectivity index (χ2v) is 7.00. The van der Waals surface area contributed by atoms with Gasteiger partial charge in [0.25, 0.3) is 0 Å². The van der Waals surface area contributed by atoms with Crippen LogP contribution in [0.15, 0.2) is 47.4 Å². The quantitative estimate of drug-likeness (QED) is 0.555. The number of aromatic nitrogens is 4. The molecule has 0 saturated heterocycles. The number of nitrogens with zero attached hydrogens (tertiary/aromatic N) is 4. The Morgan fingerprint density at radius 2 is 2.00 bits per heavy atom. The molecule has 0 amide bonds. The Kier molecular flexibility index (Phi) is 4.49. The van der Waals surface area contributed by atoms with Crippen molar-refractivity contribution in [1.29, 1.82) is 0 Å². The standard InChI is InChI=1S/C21H23N5O/c1-14-10-15(2)18-12-16(13-22-9-7-17-6-4-5-8-23-17)20-24-25(3)21(27)26(20)19(18)11-14/h4-6,8,10-12,22H,7,9,13H2,1-3H3. The molecule has 138 valence electrons. The Labute approximate surface area is 157 Å². The molecule has 0 aliphatic carbocycles. The van der Waals surface area contributed by atoms with Gasteiger partial charge in [-0.1, -0.05) is 12.1 Å². The van der Waals surface area contributed by atoms with Gasteiger partial charge in [-0.15, -0.1) is 5.10 Å². The molecule has 1 aromatic carbocycles. The molecule has 4 aromatic rings. The number of pyridine rings is 2. The first-order valence-electron chi connectivity index (χ1n) is 9.14. The summed E-state index contributed by atoms with van der Waals surface area (Å²) in [5.74, 6) is 0. The lowest BCUT2D eigenvalue weighted by Gasteiger charge is -2.11. The van der Waals surface area contributed by atoms with E-state index >= 15 is 0 Å². The van der Waals surface area contributed by atoms with Crippen LogP contribution in [0.4, 0.5) is 0 Å². The predicted octanol–water partition coefficient (Wildman–Crippen LogP) is 2.53. The maximum Gasteiger partial charge on any atom is 0.350 e. The molecule has 0 aliphatic rings. The third kappa shape index (κ3) is 3.24. The first-order valence-corrected chi connectivity index (χ1v) is 9.14. The topological polar surface area (TPSA) is 64.2 Å². The average Bonchev–Trinajstić information content (AvgIpc) is 2.95. The number of rotatable bonds is 5. The Bertz CT molecular complexity index is 1170. The normalized spacial score (nSPS) is 11.5. The summed E-state index contributed by atoms with van der Waals surface area (Å²) in [6.45, 7) is 5.59. The molecule has 6 nitrogen and oxygen atoms in total. The summed E-state index contributed by atoms with van der Waals surface area (Å²) in [5, 5.41) is 9.02. The lowest BCUT2D eigenvalue weighted by Crippen LogP contribution is -2.20. The van der Waals surface area contributed by atoms with Crippen molar-refractivity contribution in [2.75, 3.05) is 6.54 Å².